The molecule has 8 heteroatoms. The van der Waals surface area contributed by atoms with Crippen molar-refractivity contribution in [3.8, 4) is 11.8 Å². The first kappa shape index (κ1) is 7.85. The number of hydrogen-bond donors (Lipinski definition) is 1. The summed E-state index contributed by atoms with van der Waals surface area (Å²) in [6.07, 6.45) is 6.57. The van der Waals surface area contributed by atoms with Crippen molar-refractivity contribution in [1.82, 2.24) is 40.0 Å². The highest BCUT2D eigenvalue weighted by molar-refractivity contribution is 5.18. The van der Waals surface area contributed by atoms with Crippen LogP contribution in [0.2, 0.25) is 0 Å². The van der Waals surface area contributed by atoms with E-state index in [4.69, 9.17) is 0 Å². The largest absolute Gasteiger partial charge is 0.247 e. The van der Waals surface area contributed by atoms with E-state index in [0.29, 0.717) is 11.8 Å². The van der Waals surface area contributed by atoms with Gasteiger partial charge in [0.05, 0.1) is 6.20 Å². The number of aromatic nitrogens is 8. The van der Waals surface area contributed by atoms with Crippen LogP contribution in [0.5, 0.6) is 0 Å². The van der Waals surface area contributed by atoms with Crippen molar-refractivity contribution >= 4 is 0 Å². The Kier molecular flexibility index (Phi) is 1.58. The molecular formula is C7H6N8. The van der Waals surface area contributed by atoms with E-state index in [9.17, 15) is 0 Å². The molecule has 0 radical (unpaired) electrons. The Hall–Kier alpha value is -2.51. The molecule has 0 unspecified atom stereocenters. The lowest BCUT2D eigenvalue weighted by Crippen LogP contribution is -1.97. The SMILES string of the molecule is c1cnn(-c2cn(-c3ncn[nH]3)nn2)c1. The number of H-pyrrole nitrogens is 1. The second-order valence-electron chi connectivity index (χ2n) is 2.78. The second kappa shape index (κ2) is 3.01. The summed E-state index contributed by atoms with van der Waals surface area (Å²) in [6.45, 7) is 0. The van der Waals surface area contributed by atoms with E-state index in [0.717, 1.165) is 0 Å². The molecule has 0 bridgehead atoms. The van der Waals surface area contributed by atoms with Crippen molar-refractivity contribution in [1.29, 1.82) is 0 Å². The first-order valence-corrected chi connectivity index (χ1v) is 4.21. The van der Waals surface area contributed by atoms with E-state index in [-0.39, 0.29) is 0 Å². The van der Waals surface area contributed by atoms with Crippen LogP contribution in [0.3, 0.4) is 0 Å². The molecule has 3 heterocycles. The van der Waals surface area contributed by atoms with Gasteiger partial charge in [-0.05, 0) is 6.07 Å². The fourth-order valence-corrected chi connectivity index (χ4v) is 1.18. The quantitative estimate of drug-likeness (QED) is 0.609. The van der Waals surface area contributed by atoms with Crippen molar-refractivity contribution in [2.45, 2.75) is 0 Å². The lowest BCUT2D eigenvalue weighted by atomic mass is 10.7. The predicted molar refractivity (Wildman–Crippen MR) is 48.4 cm³/mol. The minimum atomic E-state index is 0.515. The molecule has 0 amide bonds. The zero-order valence-corrected chi connectivity index (χ0v) is 7.52. The van der Waals surface area contributed by atoms with Crippen molar-refractivity contribution in [3.05, 3.63) is 31.0 Å². The van der Waals surface area contributed by atoms with E-state index in [2.05, 4.69) is 30.6 Å². The summed E-state index contributed by atoms with van der Waals surface area (Å²) in [6, 6.07) is 1.81. The van der Waals surface area contributed by atoms with Gasteiger partial charge in [-0.2, -0.15) is 19.9 Å². The van der Waals surface area contributed by atoms with Crippen molar-refractivity contribution in [2.75, 3.05) is 0 Å². The highest BCUT2D eigenvalue weighted by Gasteiger charge is 2.05. The number of rotatable bonds is 2. The van der Waals surface area contributed by atoms with E-state index in [1.54, 1.807) is 23.3 Å². The molecule has 15 heavy (non-hydrogen) atoms. The third-order valence-electron chi connectivity index (χ3n) is 1.84. The molecule has 0 spiro atoms. The molecule has 3 aromatic rings. The lowest BCUT2D eigenvalue weighted by molar-refractivity contribution is 0.753. The Morgan fingerprint density at radius 1 is 1.27 bits per heavy atom. The summed E-state index contributed by atoms with van der Waals surface area (Å²) in [4.78, 5) is 3.95. The summed E-state index contributed by atoms with van der Waals surface area (Å²) in [5.74, 6) is 1.14. The summed E-state index contributed by atoms with van der Waals surface area (Å²) < 4.78 is 3.10. The molecule has 0 aliphatic heterocycles. The van der Waals surface area contributed by atoms with Crippen molar-refractivity contribution in [3.63, 3.8) is 0 Å². The third-order valence-corrected chi connectivity index (χ3v) is 1.84. The molecule has 3 aromatic heterocycles. The Balaban J connectivity index is 2.02. The summed E-state index contributed by atoms with van der Waals surface area (Å²) in [5, 5.41) is 18.3. The summed E-state index contributed by atoms with van der Waals surface area (Å²) >= 11 is 0. The van der Waals surface area contributed by atoms with Crippen LogP contribution < -0.4 is 0 Å². The van der Waals surface area contributed by atoms with Crippen LogP contribution >= 0.6 is 0 Å². The maximum atomic E-state index is 4.04. The van der Waals surface area contributed by atoms with E-state index in [1.165, 1.54) is 11.0 Å². The smallest absolute Gasteiger partial charge is 0.244 e. The van der Waals surface area contributed by atoms with Crippen LogP contribution in [-0.4, -0.2) is 40.0 Å². The van der Waals surface area contributed by atoms with Gasteiger partial charge in [0.25, 0.3) is 0 Å². The van der Waals surface area contributed by atoms with Gasteiger partial charge in [-0.25, -0.2) is 9.78 Å². The molecule has 0 aromatic carbocycles. The number of hydrogen-bond acceptors (Lipinski definition) is 5. The average molecular weight is 202 g/mol. The molecule has 0 saturated carbocycles. The zero-order valence-electron chi connectivity index (χ0n) is 7.52. The normalized spacial score (nSPS) is 10.7. The molecule has 3 rings (SSSR count). The van der Waals surface area contributed by atoms with Gasteiger partial charge in [0.1, 0.15) is 6.33 Å². The number of nitrogens with one attached hydrogen (secondary N) is 1. The van der Waals surface area contributed by atoms with Gasteiger partial charge in [0.2, 0.25) is 5.95 Å². The van der Waals surface area contributed by atoms with Gasteiger partial charge in [0, 0.05) is 12.4 Å². The monoisotopic (exact) mass is 202 g/mol. The van der Waals surface area contributed by atoms with Gasteiger partial charge in [-0.3, -0.25) is 0 Å². The molecule has 0 saturated heterocycles. The van der Waals surface area contributed by atoms with E-state index in [1.807, 2.05) is 6.07 Å². The molecule has 0 fully saturated rings. The molecular weight excluding hydrogens is 196 g/mol. The Morgan fingerprint density at radius 3 is 3.00 bits per heavy atom. The van der Waals surface area contributed by atoms with Crippen molar-refractivity contribution < 1.29 is 0 Å². The second-order valence-corrected chi connectivity index (χ2v) is 2.78. The summed E-state index contributed by atoms with van der Waals surface area (Å²) in [5.41, 5.74) is 0. The lowest BCUT2D eigenvalue weighted by Gasteiger charge is -1.91. The Labute approximate surface area is 83.6 Å². The molecule has 0 aliphatic carbocycles. The van der Waals surface area contributed by atoms with Crippen molar-refractivity contribution in [2.24, 2.45) is 0 Å². The van der Waals surface area contributed by atoms with Gasteiger partial charge >= 0.3 is 0 Å². The van der Waals surface area contributed by atoms with Gasteiger partial charge in [-0.15, -0.1) is 5.10 Å². The maximum Gasteiger partial charge on any atom is 0.247 e. The van der Waals surface area contributed by atoms with E-state index < -0.39 is 0 Å². The topological polar surface area (TPSA) is 90.1 Å². The van der Waals surface area contributed by atoms with E-state index >= 15 is 0 Å². The Morgan fingerprint density at radius 2 is 2.27 bits per heavy atom. The first-order chi connectivity index (χ1) is 7.43. The minimum Gasteiger partial charge on any atom is -0.244 e. The first-order valence-electron chi connectivity index (χ1n) is 4.21. The molecule has 74 valence electrons. The van der Waals surface area contributed by atoms with Crippen LogP contribution in [0.4, 0.5) is 0 Å². The summed E-state index contributed by atoms with van der Waals surface area (Å²) in [7, 11) is 0. The Bertz CT molecular complexity index is 485. The fraction of sp³-hybridized carbons (Fsp3) is 0. The van der Waals surface area contributed by atoms with Crippen LogP contribution in [0.1, 0.15) is 0 Å². The molecule has 0 aliphatic rings. The maximum absolute atomic E-state index is 4.04. The van der Waals surface area contributed by atoms with Gasteiger partial charge < -0.3 is 0 Å². The van der Waals surface area contributed by atoms with Crippen LogP contribution in [0.15, 0.2) is 31.0 Å². The molecule has 0 atom stereocenters. The molecule has 8 nitrogen and oxygen atoms in total. The van der Waals surface area contributed by atoms with Gasteiger partial charge in [0.15, 0.2) is 5.82 Å². The highest BCUT2D eigenvalue weighted by atomic mass is 15.5. The minimum absolute atomic E-state index is 0.515. The third kappa shape index (κ3) is 1.27. The average Bonchev–Trinajstić information content (AvgIpc) is 3.02. The standard InChI is InChI=1S/C7H6N8/c1-2-10-14(3-1)6-4-15(13-11-6)7-8-5-9-12-7/h1-5H,(H,8,9,12). The highest BCUT2D eigenvalue weighted by Crippen LogP contribution is 2.02. The van der Waals surface area contributed by atoms with Crippen LogP contribution in [-0.2, 0) is 0 Å². The van der Waals surface area contributed by atoms with Gasteiger partial charge in [-0.1, -0.05) is 5.21 Å². The van der Waals surface area contributed by atoms with Crippen LogP contribution in [0.25, 0.3) is 11.8 Å². The fourth-order valence-electron chi connectivity index (χ4n) is 1.18. The number of nitrogens with zero attached hydrogens (tertiary/aromatic N) is 7. The number of aromatic amines is 1. The molecule has 1 N–H and O–H groups in total. The van der Waals surface area contributed by atoms with Crippen LogP contribution in [0, 0.1) is 0 Å². The zero-order chi connectivity index (χ0) is 10.1. The predicted octanol–water partition coefficient (Wildman–Crippen LogP) is -0.429.